The number of hydrogen-bond donors (Lipinski definition) is 1. The first-order valence-electron chi connectivity index (χ1n) is 6.02. The first-order valence-corrected chi connectivity index (χ1v) is 7.21. The van der Waals surface area contributed by atoms with E-state index in [9.17, 15) is 0 Å². The number of nitrogens with one attached hydrogen (secondary N) is 1. The Morgan fingerprint density at radius 3 is 3.00 bits per heavy atom. The highest BCUT2D eigenvalue weighted by Gasteiger charge is 2.08. The zero-order valence-electron chi connectivity index (χ0n) is 10.2. The van der Waals surface area contributed by atoms with Crippen LogP contribution in [0.5, 0.6) is 0 Å². The quantitative estimate of drug-likeness (QED) is 0.831. The molecule has 0 bridgehead atoms. The van der Waals surface area contributed by atoms with Crippen molar-refractivity contribution in [2.45, 2.75) is 39.2 Å². The summed E-state index contributed by atoms with van der Waals surface area (Å²) >= 11 is 7.76. The second-order valence-corrected chi connectivity index (χ2v) is 5.70. The number of aromatic nitrogens is 1. The molecule has 1 aromatic carbocycles. The van der Waals surface area contributed by atoms with E-state index in [-0.39, 0.29) is 0 Å². The van der Waals surface area contributed by atoms with Crippen LogP contribution in [0.25, 0.3) is 10.2 Å². The van der Waals surface area contributed by atoms with Gasteiger partial charge >= 0.3 is 0 Å². The maximum atomic E-state index is 6.13. The van der Waals surface area contributed by atoms with Gasteiger partial charge in [0.25, 0.3) is 0 Å². The van der Waals surface area contributed by atoms with Gasteiger partial charge in [0.05, 0.1) is 15.2 Å². The molecule has 0 aliphatic heterocycles. The Morgan fingerprint density at radius 2 is 2.29 bits per heavy atom. The van der Waals surface area contributed by atoms with E-state index in [1.54, 1.807) is 11.3 Å². The van der Waals surface area contributed by atoms with Crippen molar-refractivity contribution in [2.24, 2.45) is 0 Å². The molecule has 0 fully saturated rings. The Morgan fingerprint density at radius 1 is 1.47 bits per heavy atom. The number of rotatable bonds is 5. The van der Waals surface area contributed by atoms with Crippen LogP contribution in [-0.4, -0.2) is 11.0 Å². The average molecular weight is 269 g/mol. The highest BCUT2D eigenvalue weighted by atomic mass is 35.5. The van der Waals surface area contributed by atoms with E-state index in [1.807, 2.05) is 18.2 Å². The molecule has 1 atom stereocenters. The average Bonchev–Trinajstić information content (AvgIpc) is 2.70. The molecule has 4 heteroatoms. The summed E-state index contributed by atoms with van der Waals surface area (Å²) in [5.74, 6) is 0. The molecule has 0 radical (unpaired) electrons. The van der Waals surface area contributed by atoms with Crippen LogP contribution < -0.4 is 5.32 Å². The van der Waals surface area contributed by atoms with Crippen molar-refractivity contribution < 1.29 is 0 Å². The topological polar surface area (TPSA) is 24.9 Å². The van der Waals surface area contributed by atoms with Gasteiger partial charge < -0.3 is 5.32 Å². The van der Waals surface area contributed by atoms with Gasteiger partial charge in [-0.05, 0) is 25.5 Å². The number of fused-ring (bicyclic) bond motifs is 1. The zero-order valence-corrected chi connectivity index (χ0v) is 11.7. The number of hydrogen-bond acceptors (Lipinski definition) is 3. The normalized spacial score (nSPS) is 12.9. The van der Waals surface area contributed by atoms with Crippen LogP contribution >= 0.6 is 22.9 Å². The Labute approximate surface area is 111 Å². The molecule has 92 valence electrons. The first-order chi connectivity index (χ1) is 8.20. The van der Waals surface area contributed by atoms with Crippen LogP contribution in [0, 0.1) is 0 Å². The van der Waals surface area contributed by atoms with Crippen molar-refractivity contribution in [1.82, 2.24) is 4.98 Å². The van der Waals surface area contributed by atoms with Gasteiger partial charge in [0.15, 0.2) is 5.13 Å². The highest BCUT2D eigenvalue weighted by molar-refractivity contribution is 7.22. The molecule has 2 aromatic rings. The fourth-order valence-corrected chi connectivity index (χ4v) is 3.04. The molecule has 2 nitrogen and oxygen atoms in total. The molecular formula is C13H17ClN2S. The van der Waals surface area contributed by atoms with Crippen LogP contribution in [0.4, 0.5) is 5.13 Å². The predicted molar refractivity (Wildman–Crippen MR) is 77.2 cm³/mol. The third-order valence-electron chi connectivity index (χ3n) is 2.73. The largest absolute Gasteiger partial charge is 0.359 e. The van der Waals surface area contributed by atoms with Crippen molar-refractivity contribution in [3.8, 4) is 0 Å². The van der Waals surface area contributed by atoms with Crippen LogP contribution in [0.2, 0.25) is 5.02 Å². The van der Waals surface area contributed by atoms with Gasteiger partial charge in [-0.1, -0.05) is 48.8 Å². The number of anilines is 1. The summed E-state index contributed by atoms with van der Waals surface area (Å²) in [7, 11) is 0. The Bertz CT molecular complexity index is 495. The van der Waals surface area contributed by atoms with Crippen LogP contribution in [0.3, 0.4) is 0 Å². The third-order valence-corrected chi connectivity index (χ3v) is 4.19. The van der Waals surface area contributed by atoms with Gasteiger partial charge in [0.2, 0.25) is 0 Å². The number of thiazole rings is 1. The third kappa shape index (κ3) is 3.11. The molecule has 17 heavy (non-hydrogen) atoms. The Hall–Kier alpha value is -0.800. The van der Waals surface area contributed by atoms with E-state index >= 15 is 0 Å². The summed E-state index contributed by atoms with van der Waals surface area (Å²) < 4.78 is 1.07. The smallest absolute Gasteiger partial charge is 0.184 e. The van der Waals surface area contributed by atoms with Crippen molar-refractivity contribution in [3.63, 3.8) is 0 Å². The molecule has 2 rings (SSSR count). The fraction of sp³-hybridized carbons (Fsp3) is 0.462. The summed E-state index contributed by atoms with van der Waals surface area (Å²) in [6.45, 7) is 4.41. The summed E-state index contributed by atoms with van der Waals surface area (Å²) in [5, 5.41) is 5.20. The van der Waals surface area contributed by atoms with Gasteiger partial charge in [-0.25, -0.2) is 4.98 Å². The van der Waals surface area contributed by atoms with Crippen LogP contribution in [-0.2, 0) is 0 Å². The fourth-order valence-electron chi connectivity index (χ4n) is 1.77. The molecular weight excluding hydrogens is 252 g/mol. The Balaban J connectivity index is 2.11. The predicted octanol–water partition coefficient (Wildman–Crippen LogP) is 4.94. The monoisotopic (exact) mass is 268 g/mol. The van der Waals surface area contributed by atoms with Gasteiger partial charge in [0.1, 0.15) is 0 Å². The minimum Gasteiger partial charge on any atom is -0.359 e. The molecule has 1 unspecified atom stereocenters. The van der Waals surface area contributed by atoms with E-state index in [0.717, 1.165) is 20.4 Å². The zero-order chi connectivity index (χ0) is 12.3. The molecule has 0 aliphatic rings. The lowest BCUT2D eigenvalue weighted by Crippen LogP contribution is -2.14. The number of benzene rings is 1. The van der Waals surface area contributed by atoms with Crippen LogP contribution in [0.1, 0.15) is 33.1 Å². The molecule has 1 heterocycles. The molecule has 1 N–H and O–H groups in total. The SMILES string of the molecule is CCCCC(C)Nc1nc2cccc(Cl)c2s1. The lowest BCUT2D eigenvalue weighted by atomic mass is 10.1. The van der Waals surface area contributed by atoms with E-state index in [0.29, 0.717) is 6.04 Å². The lowest BCUT2D eigenvalue weighted by molar-refractivity contribution is 0.645. The van der Waals surface area contributed by atoms with E-state index in [2.05, 4.69) is 24.1 Å². The van der Waals surface area contributed by atoms with E-state index in [4.69, 9.17) is 11.6 Å². The maximum Gasteiger partial charge on any atom is 0.184 e. The molecule has 0 saturated carbocycles. The van der Waals surface area contributed by atoms with Crippen molar-refractivity contribution in [3.05, 3.63) is 23.2 Å². The number of unbranched alkanes of at least 4 members (excludes halogenated alkanes) is 1. The molecule has 0 spiro atoms. The molecule has 1 aromatic heterocycles. The number of halogens is 1. The van der Waals surface area contributed by atoms with Gasteiger partial charge in [0, 0.05) is 6.04 Å². The van der Waals surface area contributed by atoms with Crippen molar-refractivity contribution in [2.75, 3.05) is 5.32 Å². The summed E-state index contributed by atoms with van der Waals surface area (Å²) in [6, 6.07) is 6.31. The molecule has 0 amide bonds. The van der Waals surface area contributed by atoms with E-state index < -0.39 is 0 Å². The maximum absolute atomic E-state index is 6.13. The van der Waals surface area contributed by atoms with Crippen molar-refractivity contribution in [1.29, 1.82) is 0 Å². The first kappa shape index (κ1) is 12.7. The molecule has 0 saturated heterocycles. The minimum atomic E-state index is 0.467. The van der Waals surface area contributed by atoms with Gasteiger partial charge in [-0.15, -0.1) is 0 Å². The Kier molecular flexibility index (Phi) is 4.24. The molecule has 0 aliphatic carbocycles. The van der Waals surface area contributed by atoms with Gasteiger partial charge in [-0.2, -0.15) is 0 Å². The van der Waals surface area contributed by atoms with E-state index in [1.165, 1.54) is 19.3 Å². The summed E-state index contributed by atoms with van der Waals surface area (Å²) in [5.41, 5.74) is 0.979. The summed E-state index contributed by atoms with van der Waals surface area (Å²) in [6.07, 6.45) is 3.66. The van der Waals surface area contributed by atoms with Crippen molar-refractivity contribution >= 4 is 38.3 Å². The van der Waals surface area contributed by atoms with Gasteiger partial charge in [-0.3, -0.25) is 0 Å². The second kappa shape index (κ2) is 5.69. The highest BCUT2D eigenvalue weighted by Crippen LogP contribution is 2.32. The minimum absolute atomic E-state index is 0.467. The second-order valence-electron chi connectivity index (χ2n) is 4.29. The standard InChI is InChI=1S/C13H17ClN2S/c1-3-4-6-9(2)15-13-16-11-8-5-7-10(14)12(11)17-13/h5,7-9H,3-4,6H2,1-2H3,(H,15,16). The summed E-state index contributed by atoms with van der Waals surface area (Å²) in [4.78, 5) is 4.54. The lowest BCUT2D eigenvalue weighted by Gasteiger charge is -2.11. The number of nitrogens with zero attached hydrogens (tertiary/aromatic N) is 1. The van der Waals surface area contributed by atoms with Crippen LogP contribution in [0.15, 0.2) is 18.2 Å².